The number of hydrogen-bond donors (Lipinski definition) is 0. The molecule has 0 aromatic rings. The first-order valence-corrected chi connectivity index (χ1v) is 3.79. The molecule has 2 heteroatoms. The molecule has 0 radical (unpaired) electrons. The summed E-state index contributed by atoms with van der Waals surface area (Å²) >= 11 is 0. The Balaban J connectivity index is 3.71. The molecule has 0 aliphatic carbocycles. The largest absolute Gasteiger partial charge is 0.399 e. The van der Waals surface area contributed by atoms with Crippen LogP contribution in [0.2, 0.25) is 0 Å². The van der Waals surface area contributed by atoms with Gasteiger partial charge in [-0.05, 0) is 18.8 Å². The molecule has 0 aromatic heterocycles. The summed E-state index contributed by atoms with van der Waals surface area (Å²) < 4.78 is 0. The van der Waals surface area contributed by atoms with Gasteiger partial charge in [-0.25, -0.2) is 0 Å². The Hall–Kier alpha value is -0.530. The Bertz CT molecular complexity index is 108. The maximum Gasteiger partial charge on any atom is 0.106 e. The average molecular weight is 143 g/mol. The van der Waals surface area contributed by atoms with Crippen LogP contribution in [-0.4, -0.2) is 12.8 Å². The molecule has 0 amide bonds. The van der Waals surface area contributed by atoms with Crippen molar-refractivity contribution in [2.45, 2.75) is 33.6 Å². The molecule has 0 heterocycles. The second-order valence-electron chi connectivity index (χ2n) is 2.79. The van der Waals surface area contributed by atoms with Crippen molar-refractivity contribution in [1.29, 1.82) is 0 Å². The highest BCUT2D eigenvalue weighted by molar-refractivity contribution is 5.83. The zero-order chi connectivity index (χ0) is 7.98. The Morgan fingerprint density at radius 3 is 2.40 bits per heavy atom. The molecule has 10 heavy (non-hydrogen) atoms. The van der Waals surface area contributed by atoms with Crippen LogP contribution in [0.15, 0.2) is 5.16 Å². The van der Waals surface area contributed by atoms with E-state index in [2.05, 4.69) is 30.8 Å². The summed E-state index contributed by atoms with van der Waals surface area (Å²) in [6.45, 7) is 6.46. The summed E-state index contributed by atoms with van der Waals surface area (Å²) in [5.41, 5.74) is 1.15. The highest BCUT2D eigenvalue weighted by Crippen LogP contribution is 2.04. The Labute approximate surface area is 63.3 Å². The Morgan fingerprint density at radius 2 is 2.10 bits per heavy atom. The Kier molecular flexibility index (Phi) is 4.99. The lowest BCUT2D eigenvalue weighted by atomic mass is 10.1. The summed E-state index contributed by atoms with van der Waals surface area (Å²) in [5.74, 6) is 0.675. The van der Waals surface area contributed by atoms with E-state index in [0.717, 1.165) is 18.6 Å². The van der Waals surface area contributed by atoms with Crippen LogP contribution in [0, 0.1) is 5.92 Å². The van der Waals surface area contributed by atoms with Crippen molar-refractivity contribution in [3.8, 4) is 0 Å². The van der Waals surface area contributed by atoms with Gasteiger partial charge in [0.1, 0.15) is 7.11 Å². The molecule has 60 valence electrons. The molecule has 0 N–H and O–H groups in total. The lowest BCUT2D eigenvalue weighted by molar-refractivity contribution is 0.211. The van der Waals surface area contributed by atoms with Gasteiger partial charge in [0.15, 0.2) is 0 Å². The minimum absolute atomic E-state index is 0.675. The van der Waals surface area contributed by atoms with Crippen LogP contribution >= 0.6 is 0 Å². The fraction of sp³-hybridized carbons (Fsp3) is 0.875. The molecule has 2 nitrogen and oxygen atoms in total. The molecule has 0 aliphatic rings. The summed E-state index contributed by atoms with van der Waals surface area (Å²) in [4.78, 5) is 4.68. The molecule has 0 bridgehead atoms. The van der Waals surface area contributed by atoms with Gasteiger partial charge in [-0.2, -0.15) is 0 Å². The van der Waals surface area contributed by atoms with Gasteiger partial charge in [0.25, 0.3) is 0 Å². The van der Waals surface area contributed by atoms with E-state index < -0.39 is 0 Å². The van der Waals surface area contributed by atoms with Gasteiger partial charge in [-0.15, -0.1) is 0 Å². The first-order chi connectivity index (χ1) is 4.70. The third kappa shape index (κ3) is 4.36. The van der Waals surface area contributed by atoms with Gasteiger partial charge in [-0.3, -0.25) is 0 Å². The SMILES string of the molecule is CCC(CC(C)C)=NOC. The summed E-state index contributed by atoms with van der Waals surface area (Å²) in [7, 11) is 1.59. The van der Waals surface area contributed by atoms with Gasteiger partial charge in [-0.1, -0.05) is 25.9 Å². The van der Waals surface area contributed by atoms with Crippen LogP contribution in [0.5, 0.6) is 0 Å². The van der Waals surface area contributed by atoms with Gasteiger partial charge < -0.3 is 4.84 Å². The van der Waals surface area contributed by atoms with Crippen LogP contribution < -0.4 is 0 Å². The van der Waals surface area contributed by atoms with Crippen molar-refractivity contribution in [1.82, 2.24) is 0 Å². The van der Waals surface area contributed by atoms with E-state index in [9.17, 15) is 0 Å². The molecule has 0 rings (SSSR count). The second kappa shape index (κ2) is 5.27. The van der Waals surface area contributed by atoms with E-state index in [4.69, 9.17) is 0 Å². The maximum atomic E-state index is 4.68. The molecule has 0 atom stereocenters. The molecule has 0 unspecified atom stereocenters. The van der Waals surface area contributed by atoms with Crippen molar-refractivity contribution >= 4 is 5.71 Å². The smallest absolute Gasteiger partial charge is 0.106 e. The van der Waals surface area contributed by atoms with Gasteiger partial charge in [0, 0.05) is 0 Å². The van der Waals surface area contributed by atoms with Crippen LogP contribution in [0.25, 0.3) is 0 Å². The minimum Gasteiger partial charge on any atom is -0.399 e. The molecular weight excluding hydrogens is 126 g/mol. The fourth-order valence-corrected chi connectivity index (χ4v) is 0.847. The van der Waals surface area contributed by atoms with E-state index in [1.165, 1.54) is 0 Å². The van der Waals surface area contributed by atoms with E-state index >= 15 is 0 Å². The van der Waals surface area contributed by atoms with Gasteiger partial charge in [0.2, 0.25) is 0 Å². The van der Waals surface area contributed by atoms with E-state index in [0.29, 0.717) is 5.92 Å². The summed E-state index contributed by atoms with van der Waals surface area (Å²) in [6.07, 6.45) is 2.04. The molecule has 0 fully saturated rings. The van der Waals surface area contributed by atoms with E-state index in [1.807, 2.05) is 0 Å². The standard InChI is InChI=1S/C8H17NO/c1-5-8(9-10-4)6-7(2)3/h7H,5-6H2,1-4H3. The number of rotatable bonds is 4. The zero-order valence-corrected chi connectivity index (χ0v) is 7.35. The predicted molar refractivity (Wildman–Crippen MR) is 44.2 cm³/mol. The third-order valence-corrected chi connectivity index (χ3v) is 1.27. The summed E-state index contributed by atoms with van der Waals surface area (Å²) in [5, 5.41) is 3.90. The number of oxime groups is 1. The lowest BCUT2D eigenvalue weighted by Crippen LogP contribution is -2.01. The normalized spacial score (nSPS) is 12.3. The van der Waals surface area contributed by atoms with Crippen molar-refractivity contribution in [2.75, 3.05) is 7.11 Å². The number of nitrogens with zero attached hydrogens (tertiary/aromatic N) is 1. The molecule has 0 aromatic carbocycles. The molecule has 0 saturated carbocycles. The van der Waals surface area contributed by atoms with E-state index in [-0.39, 0.29) is 0 Å². The third-order valence-electron chi connectivity index (χ3n) is 1.27. The highest BCUT2D eigenvalue weighted by Gasteiger charge is 1.99. The molecule has 0 spiro atoms. The van der Waals surface area contributed by atoms with Crippen LogP contribution in [0.3, 0.4) is 0 Å². The van der Waals surface area contributed by atoms with Crippen molar-refractivity contribution in [3.63, 3.8) is 0 Å². The van der Waals surface area contributed by atoms with Gasteiger partial charge in [0.05, 0.1) is 5.71 Å². The Morgan fingerprint density at radius 1 is 1.50 bits per heavy atom. The van der Waals surface area contributed by atoms with E-state index in [1.54, 1.807) is 7.11 Å². The van der Waals surface area contributed by atoms with Crippen LogP contribution in [0.1, 0.15) is 33.6 Å². The van der Waals surface area contributed by atoms with Crippen molar-refractivity contribution < 1.29 is 4.84 Å². The van der Waals surface area contributed by atoms with Crippen LogP contribution in [-0.2, 0) is 4.84 Å². The van der Waals surface area contributed by atoms with Gasteiger partial charge >= 0.3 is 0 Å². The summed E-state index contributed by atoms with van der Waals surface area (Å²) in [6, 6.07) is 0. The second-order valence-corrected chi connectivity index (χ2v) is 2.79. The fourth-order valence-electron chi connectivity index (χ4n) is 0.847. The highest BCUT2D eigenvalue weighted by atomic mass is 16.6. The number of hydrogen-bond acceptors (Lipinski definition) is 2. The van der Waals surface area contributed by atoms with Crippen molar-refractivity contribution in [3.05, 3.63) is 0 Å². The molecular formula is C8H17NO. The monoisotopic (exact) mass is 143 g/mol. The zero-order valence-electron chi connectivity index (χ0n) is 7.35. The van der Waals surface area contributed by atoms with Crippen LogP contribution in [0.4, 0.5) is 0 Å². The predicted octanol–water partition coefficient (Wildman–Crippen LogP) is 2.44. The maximum absolute atomic E-state index is 4.68. The molecule has 0 saturated heterocycles. The molecule has 0 aliphatic heterocycles. The van der Waals surface area contributed by atoms with Crippen molar-refractivity contribution in [2.24, 2.45) is 11.1 Å². The topological polar surface area (TPSA) is 21.6 Å². The average Bonchev–Trinajstić information content (AvgIpc) is 1.86. The first-order valence-electron chi connectivity index (χ1n) is 3.79. The first kappa shape index (κ1) is 9.47. The minimum atomic E-state index is 0.675. The quantitative estimate of drug-likeness (QED) is 0.437. The lowest BCUT2D eigenvalue weighted by Gasteiger charge is -2.04.